The van der Waals surface area contributed by atoms with E-state index in [2.05, 4.69) is 15.8 Å². The highest BCUT2D eigenvalue weighted by molar-refractivity contribution is 6.04. The molecule has 0 heterocycles. The van der Waals surface area contributed by atoms with E-state index in [0.717, 1.165) is 22.9 Å². The smallest absolute Gasteiger partial charge is 0.343 e. The number of carbonyl (C=O) groups excluding carboxylic acids is 3. The first-order chi connectivity index (χ1) is 18.4. The highest BCUT2D eigenvalue weighted by Gasteiger charge is 2.14. The summed E-state index contributed by atoms with van der Waals surface area (Å²) < 4.78 is 24.1. The molecular weight excluding hydrogens is 489 g/mol. The number of carbonyl (C=O) groups is 3. The van der Waals surface area contributed by atoms with Gasteiger partial charge in [0.05, 0.1) is 24.9 Å². The minimum Gasteiger partial charge on any atom is -0.494 e. The third-order valence-electron chi connectivity index (χ3n) is 5.43. The first-order valence-corrected chi connectivity index (χ1v) is 11.8. The Morgan fingerprint density at radius 1 is 0.895 bits per heavy atom. The Labute approximate surface area is 218 Å². The van der Waals surface area contributed by atoms with Crippen LogP contribution in [0.25, 0.3) is 10.8 Å². The van der Waals surface area contributed by atoms with E-state index in [4.69, 9.17) is 9.47 Å². The van der Waals surface area contributed by atoms with E-state index in [9.17, 15) is 18.8 Å². The first-order valence-electron chi connectivity index (χ1n) is 11.8. The molecule has 2 amide bonds. The standard InChI is InChI=1S/C29H24FN3O5/c1-2-37-23-14-9-21(10-15-23)29(36)38-26-16-11-19-5-3-4-6-24(19)25(26)17-32-33-27(34)18-31-28(35)20-7-12-22(30)13-8-20/h3-17H,2,18H2,1H3,(H,31,35)(H,33,34). The lowest BCUT2D eigenvalue weighted by atomic mass is 10.0. The molecule has 8 nitrogen and oxygen atoms in total. The predicted molar refractivity (Wildman–Crippen MR) is 141 cm³/mol. The molecule has 0 aromatic heterocycles. The summed E-state index contributed by atoms with van der Waals surface area (Å²) in [5.41, 5.74) is 3.39. The third kappa shape index (κ3) is 6.58. The van der Waals surface area contributed by atoms with Gasteiger partial charge in [-0.3, -0.25) is 9.59 Å². The molecule has 4 rings (SSSR count). The van der Waals surface area contributed by atoms with Crippen LogP contribution >= 0.6 is 0 Å². The van der Waals surface area contributed by atoms with Crippen LogP contribution in [0.1, 0.15) is 33.2 Å². The molecule has 4 aromatic carbocycles. The van der Waals surface area contributed by atoms with Gasteiger partial charge in [0, 0.05) is 11.1 Å². The molecule has 0 saturated carbocycles. The van der Waals surface area contributed by atoms with Crippen molar-refractivity contribution in [2.24, 2.45) is 5.10 Å². The number of esters is 1. The van der Waals surface area contributed by atoms with Crippen LogP contribution in [0, 0.1) is 5.82 Å². The summed E-state index contributed by atoms with van der Waals surface area (Å²) >= 11 is 0. The van der Waals surface area contributed by atoms with Gasteiger partial charge in [-0.05, 0) is 72.3 Å². The lowest BCUT2D eigenvalue weighted by molar-refractivity contribution is -0.120. The highest BCUT2D eigenvalue weighted by Crippen LogP contribution is 2.27. The van der Waals surface area contributed by atoms with Gasteiger partial charge >= 0.3 is 5.97 Å². The van der Waals surface area contributed by atoms with Crippen molar-refractivity contribution < 1.29 is 28.2 Å². The Balaban J connectivity index is 1.45. The number of halogens is 1. The molecule has 2 N–H and O–H groups in total. The van der Waals surface area contributed by atoms with Crippen LogP contribution in [-0.4, -0.2) is 37.1 Å². The summed E-state index contributed by atoms with van der Waals surface area (Å²) in [5, 5.41) is 8.07. The van der Waals surface area contributed by atoms with Crippen LogP contribution < -0.4 is 20.2 Å². The average molecular weight is 514 g/mol. The van der Waals surface area contributed by atoms with E-state index >= 15 is 0 Å². The van der Waals surface area contributed by atoms with Crippen LogP contribution in [0.2, 0.25) is 0 Å². The lowest BCUT2D eigenvalue weighted by Crippen LogP contribution is -2.34. The number of benzene rings is 4. The topological polar surface area (TPSA) is 106 Å². The molecule has 0 spiro atoms. The normalized spacial score (nSPS) is 10.8. The number of hydrogen-bond acceptors (Lipinski definition) is 6. The maximum atomic E-state index is 13.0. The minimum atomic E-state index is -0.579. The monoisotopic (exact) mass is 513 g/mol. The number of amides is 2. The van der Waals surface area contributed by atoms with Crippen LogP contribution in [0.5, 0.6) is 11.5 Å². The van der Waals surface area contributed by atoms with E-state index in [-0.39, 0.29) is 17.9 Å². The van der Waals surface area contributed by atoms with Crippen LogP contribution in [0.3, 0.4) is 0 Å². The second-order valence-corrected chi connectivity index (χ2v) is 8.03. The Hall–Kier alpha value is -5.05. The zero-order chi connectivity index (χ0) is 26.9. The van der Waals surface area contributed by atoms with Gasteiger partial charge in [-0.2, -0.15) is 5.10 Å². The Bertz CT molecular complexity index is 1480. The van der Waals surface area contributed by atoms with E-state index in [1.54, 1.807) is 30.3 Å². The van der Waals surface area contributed by atoms with Gasteiger partial charge in [0.15, 0.2) is 0 Å². The maximum Gasteiger partial charge on any atom is 0.343 e. The zero-order valence-electron chi connectivity index (χ0n) is 20.4. The predicted octanol–water partition coefficient (Wildman–Crippen LogP) is 4.48. The number of ether oxygens (including phenoxy) is 2. The van der Waals surface area contributed by atoms with Crippen molar-refractivity contribution >= 4 is 34.8 Å². The van der Waals surface area contributed by atoms with Gasteiger partial charge in [-0.25, -0.2) is 14.6 Å². The Morgan fingerprint density at radius 3 is 2.34 bits per heavy atom. The summed E-state index contributed by atoms with van der Waals surface area (Å²) in [6.07, 6.45) is 1.38. The quantitative estimate of drug-likeness (QED) is 0.149. The fraction of sp³-hybridized carbons (Fsp3) is 0.103. The largest absolute Gasteiger partial charge is 0.494 e. The van der Waals surface area contributed by atoms with E-state index in [1.807, 2.05) is 37.3 Å². The fourth-order valence-electron chi connectivity index (χ4n) is 3.58. The average Bonchev–Trinajstić information content (AvgIpc) is 2.93. The second kappa shape index (κ2) is 12.3. The SMILES string of the molecule is CCOc1ccc(C(=O)Oc2ccc3ccccc3c2C=NNC(=O)CNC(=O)c2ccc(F)cc2)cc1. The number of fused-ring (bicyclic) bond motifs is 1. The number of nitrogens with one attached hydrogen (secondary N) is 2. The summed E-state index contributed by atoms with van der Waals surface area (Å²) in [6, 6.07) is 22.5. The number of hydrazone groups is 1. The van der Waals surface area contributed by atoms with Crippen molar-refractivity contribution in [2.75, 3.05) is 13.2 Å². The van der Waals surface area contributed by atoms with Gasteiger partial charge in [-0.15, -0.1) is 0 Å². The van der Waals surface area contributed by atoms with Crippen LogP contribution in [0.4, 0.5) is 4.39 Å². The molecule has 38 heavy (non-hydrogen) atoms. The molecule has 0 unspecified atom stereocenters. The lowest BCUT2D eigenvalue weighted by Gasteiger charge is -2.11. The van der Waals surface area contributed by atoms with Crippen molar-refractivity contribution in [1.29, 1.82) is 0 Å². The van der Waals surface area contributed by atoms with Gasteiger partial charge in [0.25, 0.3) is 11.8 Å². The molecule has 0 radical (unpaired) electrons. The van der Waals surface area contributed by atoms with Crippen molar-refractivity contribution in [3.63, 3.8) is 0 Å². The minimum absolute atomic E-state index is 0.220. The van der Waals surface area contributed by atoms with Gasteiger partial charge in [-0.1, -0.05) is 30.3 Å². The Morgan fingerprint density at radius 2 is 1.61 bits per heavy atom. The van der Waals surface area contributed by atoms with Crippen LogP contribution in [-0.2, 0) is 4.79 Å². The molecule has 0 saturated heterocycles. The van der Waals surface area contributed by atoms with Crippen LogP contribution in [0.15, 0.2) is 90.0 Å². The molecule has 0 aliphatic heterocycles. The molecule has 0 fully saturated rings. The molecule has 0 atom stereocenters. The number of hydrogen-bond donors (Lipinski definition) is 2. The van der Waals surface area contributed by atoms with Crippen molar-refractivity contribution in [1.82, 2.24) is 10.7 Å². The van der Waals surface area contributed by atoms with Gasteiger partial charge in [0.2, 0.25) is 0 Å². The molecular formula is C29H24FN3O5. The third-order valence-corrected chi connectivity index (χ3v) is 5.43. The van der Waals surface area contributed by atoms with E-state index in [0.29, 0.717) is 23.5 Å². The molecule has 0 aliphatic rings. The highest BCUT2D eigenvalue weighted by atomic mass is 19.1. The van der Waals surface area contributed by atoms with Gasteiger partial charge in [0.1, 0.15) is 17.3 Å². The zero-order valence-corrected chi connectivity index (χ0v) is 20.4. The van der Waals surface area contributed by atoms with E-state index in [1.165, 1.54) is 18.3 Å². The van der Waals surface area contributed by atoms with Crippen molar-refractivity contribution in [3.8, 4) is 11.5 Å². The first kappa shape index (κ1) is 26.0. The van der Waals surface area contributed by atoms with Crippen molar-refractivity contribution in [3.05, 3.63) is 107 Å². The number of nitrogens with zero attached hydrogens (tertiary/aromatic N) is 1. The summed E-state index contributed by atoms with van der Waals surface area (Å²) in [4.78, 5) is 37.1. The summed E-state index contributed by atoms with van der Waals surface area (Å²) in [6.45, 7) is 2.04. The second-order valence-electron chi connectivity index (χ2n) is 8.03. The van der Waals surface area contributed by atoms with E-state index < -0.39 is 23.6 Å². The molecule has 0 bridgehead atoms. The maximum absolute atomic E-state index is 13.0. The summed E-state index contributed by atoms with van der Waals surface area (Å²) in [5.74, 6) is -1.24. The van der Waals surface area contributed by atoms with Crippen molar-refractivity contribution in [2.45, 2.75) is 6.92 Å². The fourth-order valence-corrected chi connectivity index (χ4v) is 3.58. The molecule has 0 aliphatic carbocycles. The summed E-state index contributed by atoms with van der Waals surface area (Å²) in [7, 11) is 0. The van der Waals surface area contributed by atoms with Gasteiger partial charge < -0.3 is 14.8 Å². The molecule has 192 valence electrons. The number of rotatable bonds is 9. The molecule has 9 heteroatoms. The Kier molecular flexibility index (Phi) is 8.40. The molecule has 4 aromatic rings.